The first-order chi connectivity index (χ1) is 8.70. The van der Waals surface area contributed by atoms with Crippen LogP contribution in [0, 0.1) is 6.92 Å². The molecule has 0 radical (unpaired) electrons. The summed E-state index contributed by atoms with van der Waals surface area (Å²) in [5.41, 5.74) is 3.55. The molecule has 0 saturated carbocycles. The van der Waals surface area contributed by atoms with Crippen LogP contribution in [0.25, 0.3) is 5.69 Å². The smallest absolute Gasteiger partial charge is 0.0701 e. The maximum absolute atomic E-state index is 4.38. The maximum atomic E-state index is 4.38. The molecule has 3 nitrogen and oxygen atoms in total. The van der Waals surface area contributed by atoms with Crippen LogP contribution in [0.3, 0.4) is 0 Å². The first-order valence-corrected chi connectivity index (χ1v) is 7.01. The fourth-order valence-electron chi connectivity index (χ4n) is 1.84. The van der Waals surface area contributed by atoms with E-state index in [-0.39, 0.29) is 0 Å². The van der Waals surface area contributed by atoms with Gasteiger partial charge in [0.2, 0.25) is 0 Å². The molecule has 1 aromatic carbocycles. The highest BCUT2D eigenvalue weighted by atomic mass is 79.9. The molecule has 0 amide bonds. The van der Waals surface area contributed by atoms with Crippen molar-refractivity contribution in [3.05, 3.63) is 46.2 Å². The molecule has 0 aliphatic rings. The van der Waals surface area contributed by atoms with E-state index in [4.69, 9.17) is 0 Å². The van der Waals surface area contributed by atoms with E-state index >= 15 is 0 Å². The van der Waals surface area contributed by atoms with Crippen LogP contribution in [0.15, 0.2) is 35.1 Å². The average molecular weight is 308 g/mol. The van der Waals surface area contributed by atoms with Crippen molar-refractivity contribution in [3.8, 4) is 5.69 Å². The van der Waals surface area contributed by atoms with Crippen LogP contribution >= 0.6 is 15.9 Å². The van der Waals surface area contributed by atoms with Crippen LogP contribution in [0.1, 0.15) is 24.5 Å². The lowest BCUT2D eigenvalue weighted by molar-refractivity contribution is 0.670. The summed E-state index contributed by atoms with van der Waals surface area (Å²) >= 11 is 3.52. The van der Waals surface area contributed by atoms with Crippen LogP contribution in [-0.2, 0) is 6.54 Å². The maximum Gasteiger partial charge on any atom is 0.0701 e. The van der Waals surface area contributed by atoms with Gasteiger partial charge in [-0.15, -0.1) is 0 Å². The second-order valence-electron chi connectivity index (χ2n) is 4.41. The molecule has 4 heteroatoms. The zero-order valence-electron chi connectivity index (χ0n) is 10.8. The molecule has 0 fully saturated rings. The van der Waals surface area contributed by atoms with E-state index in [0.717, 1.165) is 29.7 Å². The molecule has 96 valence electrons. The van der Waals surface area contributed by atoms with Gasteiger partial charge in [0.15, 0.2) is 0 Å². The zero-order valence-corrected chi connectivity index (χ0v) is 12.4. The number of hydrogen-bond donors (Lipinski definition) is 1. The van der Waals surface area contributed by atoms with Gasteiger partial charge in [-0.3, -0.25) is 0 Å². The van der Waals surface area contributed by atoms with Gasteiger partial charge in [0.05, 0.1) is 11.9 Å². The minimum atomic E-state index is 0.870. The second-order valence-corrected chi connectivity index (χ2v) is 5.33. The van der Waals surface area contributed by atoms with Crippen LogP contribution in [0.4, 0.5) is 0 Å². The summed E-state index contributed by atoms with van der Waals surface area (Å²) in [5, 5.41) is 7.82. The van der Waals surface area contributed by atoms with E-state index in [1.165, 1.54) is 11.1 Å². The van der Waals surface area contributed by atoms with Gasteiger partial charge in [0, 0.05) is 17.2 Å². The number of nitrogens with one attached hydrogen (secondary N) is 1. The molecule has 2 aromatic rings. The third-order valence-corrected chi connectivity index (χ3v) is 3.24. The van der Waals surface area contributed by atoms with Crippen LogP contribution in [-0.4, -0.2) is 16.3 Å². The lowest BCUT2D eigenvalue weighted by atomic mass is 10.1. The Bertz CT molecular complexity index is 520. The highest BCUT2D eigenvalue weighted by Gasteiger charge is 2.06. The summed E-state index contributed by atoms with van der Waals surface area (Å²) in [4.78, 5) is 0. The Balaban J connectivity index is 2.29. The van der Waals surface area contributed by atoms with Gasteiger partial charge in [-0.1, -0.05) is 28.9 Å². The fourth-order valence-corrected chi connectivity index (χ4v) is 2.19. The van der Waals surface area contributed by atoms with Gasteiger partial charge in [-0.25, -0.2) is 4.68 Å². The Morgan fingerprint density at radius 1 is 1.39 bits per heavy atom. The molecular weight excluding hydrogens is 290 g/mol. The van der Waals surface area contributed by atoms with Crippen LogP contribution < -0.4 is 5.32 Å². The van der Waals surface area contributed by atoms with Crippen molar-refractivity contribution in [1.29, 1.82) is 0 Å². The molecule has 0 saturated heterocycles. The SMILES string of the molecule is CCCNCc1ccc(Br)cc1-n1cc(C)cn1. The minimum Gasteiger partial charge on any atom is -0.313 e. The Hall–Kier alpha value is -1.13. The zero-order chi connectivity index (χ0) is 13.0. The molecule has 0 atom stereocenters. The van der Waals surface area contributed by atoms with Gasteiger partial charge >= 0.3 is 0 Å². The summed E-state index contributed by atoms with van der Waals surface area (Å²) < 4.78 is 3.01. The monoisotopic (exact) mass is 307 g/mol. The van der Waals surface area contributed by atoms with Crippen LogP contribution in [0.2, 0.25) is 0 Å². The number of nitrogens with zero attached hydrogens (tertiary/aromatic N) is 2. The van der Waals surface area contributed by atoms with E-state index in [1.807, 2.05) is 17.1 Å². The summed E-state index contributed by atoms with van der Waals surface area (Å²) in [6.07, 6.45) is 5.07. The lowest BCUT2D eigenvalue weighted by Gasteiger charge is -2.11. The number of aryl methyl sites for hydroxylation is 1. The molecule has 1 aromatic heterocycles. The van der Waals surface area contributed by atoms with E-state index in [9.17, 15) is 0 Å². The van der Waals surface area contributed by atoms with Gasteiger partial charge in [-0.2, -0.15) is 5.10 Å². The number of rotatable bonds is 5. The molecule has 0 bridgehead atoms. The van der Waals surface area contributed by atoms with Crippen molar-refractivity contribution in [1.82, 2.24) is 15.1 Å². The summed E-state index contributed by atoms with van der Waals surface area (Å²) in [5.74, 6) is 0. The van der Waals surface area contributed by atoms with Crippen molar-refractivity contribution < 1.29 is 0 Å². The number of hydrogen-bond acceptors (Lipinski definition) is 2. The average Bonchev–Trinajstić information content (AvgIpc) is 2.78. The van der Waals surface area contributed by atoms with E-state index in [2.05, 4.69) is 58.4 Å². The molecule has 2 rings (SSSR count). The Kier molecular flexibility index (Phi) is 4.55. The normalized spacial score (nSPS) is 10.8. The van der Waals surface area contributed by atoms with Crippen LogP contribution in [0.5, 0.6) is 0 Å². The summed E-state index contributed by atoms with van der Waals surface area (Å²) in [6.45, 7) is 6.13. The number of halogens is 1. The topological polar surface area (TPSA) is 29.9 Å². The highest BCUT2D eigenvalue weighted by molar-refractivity contribution is 9.10. The molecule has 0 aliphatic heterocycles. The highest BCUT2D eigenvalue weighted by Crippen LogP contribution is 2.20. The first kappa shape index (κ1) is 13.3. The standard InChI is InChI=1S/C14H18BrN3/c1-3-6-16-9-12-4-5-13(15)7-14(12)18-10-11(2)8-17-18/h4-5,7-8,10,16H,3,6,9H2,1-2H3. The largest absolute Gasteiger partial charge is 0.313 e. The van der Waals surface area contributed by atoms with Crippen molar-refractivity contribution in [2.45, 2.75) is 26.8 Å². The van der Waals surface area contributed by atoms with Gasteiger partial charge in [0.25, 0.3) is 0 Å². The van der Waals surface area contributed by atoms with Gasteiger partial charge in [-0.05, 0) is 43.1 Å². The Morgan fingerprint density at radius 3 is 2.89 bits per heavy atom. The van der Waals surface area contributed by atoms with Crippen molar-refractivity contribution >= 4 is 15.9 Å². The second kappa shape index (κ2) is 6.16. The molecule has 0 unspecified atom stereocenters. The fraction of sp³-hybridized carbons (Fsp3) is 0.357. The summed E-state index contributed by atoms with van der Waals surface area (Å²) in [7, 11) is 0. The predicted molar refractivity (Wildman–Crippen MR) is 78.0 cm³/mol. The molecule has 0 spiro atoms. The van der Waals surface area contributed by atoms with E-state index in [0.29, 0.717) is 0 Å². The molecule has 18 heavy (non-hydrogen) atoms. The third-order valence-electron chi connectivity index (χ3n) is 2.75. The number of aromatic nitrogens is 2. The molecule has 0 aliphatic carbocycles. The lowest BCUT2D eigenvalue weighted by Crippen LogP contribution is -2.15. The van der Waals surface area contributed by atoms with Crippen molar-refractivity contribution in [3.63, 3.8) is 0 Å². The van der Waals surface area contributed by atoms with Gasteiger partial charge < -0.3 is 5.32 Å². The third kappa shape index (κ3) is 3.21. The van der Waals surface area contributed by atoms with E-state index in [1.54, 1.807) is 0 Å². The van der Waals surface area contributed by atoms with Gasteiger partial charge in [0.1, 0.15) is 0 Å². The summed E-state index contributed by atoms with van der Waals surface area (Å²) in [6, 6.07) is 6.32. The molecule has 1 heterocycles. The molecule has 1 N–H and O–H groups in total. The minimum absolute atomic E-state index is 0.870. The number of benzene rings is 1. The quantitative estimate of drug-likeness (QED) is 0.858. The predicted octanol–water partition coefficient (Wildman–Crippen LogP) is 3.44. The van der Waals surface area contributed by atoms with Crippen molar-refractivity contribution in [2.75, 3.05) is 6.54 Å². The Morgan fingerprint density at radius 2 is 2.22 bits per heavy atom. The Labute approximate surface area is 116 Å². The van der Waals surface area contributed by atoms with E-state index < -0.39 is 0 Å². The van der Waals surface area contributed by atoms with Crippen molar-refractivity contribution in [2.24, 2.45) is 0 Å². The molecular formula is C14H18BrN3. The first-order valence-electron chi connectivity index (χ1n) is 6.21.